The molecule has 0 fully saturated rings. The third kappa shape index (κ3) is 5.11. The molecule has 1 amide bonds. The first-order valence-corrected chi connectivity index (χ1v) is 8.11. The number of benzene rings is 1. The molecule has 8 heteroatoms. The minimum atomic E-state index is -1.11. The molecule has 24 heavy (non-hydrogen) atoms. The summed E-state index contributed by atoms with van der Waals surface area (Å²) in [6.07, 6.45) is 0.408. The highest BCUT2D eigenvalue weighted by Crippen LogP contribution is 2.29. The molecule has 1 aromatic heterocycles. The monoisotopic (exact) mass is 409 g/mol. The van der Waals surface area contributed by atoms with Crippen LogP contribution in [0.3, 0.4) is 0 Å². The summed E-state index contributed by atoms with van der Waals surface area (Å²) in [5.41, 5.74) is 1.11. The first-order valence-electron chi connectivity index (χ1n) is 6.94. The van der Waals surface area contributed by atoms with Crippen LogP contribution in [-0.2, 0) is 0 Å². The number of carbonyl (C=O) groups is 1. The van der Waals surface area contributed by atoms with E-state index < -0.39 is 12.2 Å². The molecule has 0 saturated carbocycles. The van der Waals surface area contributed by atoms with E-state index in [-0.39, 0.29) is 6.54 Å². The van der Waals surface area contributed by atoms with E-state index in [1.54, 1.807) is 30.5 Å². The standard InChI is InChI=1S/C16H13BrClN3O3/c17-15-4-2-11(9-21-15)13(5-6-20-16(22)23)24-14-7-12(18)3-1-10(14)8-19/h1-4,7,9,13,20H,5-6H2,(H,22,23). The Hall–Kier alpha value is -2.30. The lowest BCUT2D eigenvalue weighted by Gasteiger charge is -2.20. The zero-order valence-corrected chi connectivity index (χ0v) is 14.7. The Morgan fingerprint density at radius 3 is 2.88 bits per heavy atom. The molecule has 6 nitrogen and oxygen atoms in total. The summed E-state index contributed by atoms with van der Waals surface area (Å²) < 4.78 is 6.61. The van der Waals surface area contributed by atoms with Crippen LogP contribution < -0.4 is 10.1 Å². The van der Waals surface area contributed by atoms with Crippen LogP contribution in [-0.4, -0.2) is 22.7 Å². The number of aromatic nitrogens is 1. The van der Waals surface area contributed by atoms with E-state index in [9.17, 15) is 10.1 Å². The first kappa shape index (κ1) is 18.0. The molecular formula is C16H13BrClN3O3. The number of nitrogens with zero attached hydrogens (tertiary/aromatic N) is 2. The van der Waals surface area contributed by atoms with Crippen molar-refractivity contribution in [1.29, 1.82) is 5.26 Å². The van der Waals surface area contributed by atoms with Crippen LogP contribution >= 0.6 is 27.5 Å². The lowest BCUT2D eigenvalue weighted by Crippen LogP contribution is -2.24. The topological polar surface area (TPSA) is 95.2 Å². The summed E-state index contributed by atoms with van der Waals surface area (Å²) >= 11 is 9.23. The summed E-state index contributed by atoms with van der Waals surface area (Å²) in [6.45, 7) is 0.193. The Morgan fingerprint density at radius 1 is 1.46 bits per heavy atom. The molecule has 2 aromatic rings. The van der Waals surface area contributed by atoms with Crippen LogP contribution in [0.5, 0.6) is 5.75 Å². The smallest absolute Gasteiger partial charge is 0.404 e. The molecule has 1 unspecified atom stereocenters. The van der Waals surface area contributed by atoms with Gasteiger partial charge in [0.05, 0.1) is 5.56 Å². The van der Waals surface area contributed by atoms with Crippen molar-refractivity contribution in [1.82, 2.24) is 10.3 Å². The number of rotatable bonds is 6. The molecule has 0 aliphatic heterocycles. The van der Waals surface area contributed by atoms with Crippen LogP contribution in [0.15, 0.2) is 41.1 Å². The number of pyridine rings is 1. The zero-order valence-electron chi connectivity index (χ0n) is 12.4. The highest BCUT2D eigenvalue weighted by atomic mass is 79.9. The van der Waals surface area contributed by atoms with Crippen LogP contribution in [0, 0.1) is 11.3 Å². The molecule has 1 aromatic carbocycles. The van der Waals surface area contributed by atoms with Gasteiger partial charge in [-0.1, -0.05) is 17.7 Å². The number of nitrogens with one attached hydrogen (secondary N) is 1. The predicted octanol–water partition coefficient (Wildman–Crippen LogP) is 4.15. The Kier molecular flexibility index (Phi) is 6.41. The Labute approximate surface area is 152 Å². The molecule has 0 spiro atoms. The molecule has 0 aliphatic carbocycles. The molecule has 1 atom stereocenters. The summed E-state index contributed by atoms with van der Waals surface area (Å²) in [5, 5.41) is 20.7. The molecule has 124 valence electrons. The fraction of sp³-hybridized carbons (Fsp3) is 0.188. The van der Waals surface area contributed by atoms with Crippen LogP contribution in [0.25, 0.3) is 0 Å². The van der Waals surface area contributed by atoms with Crippen LogP contribution in [0.4, 0.5) is 4.79 Å². The van der Waals surface area contributed by atoms with Crippen molar-refractivity contribution in [3.8, 4) is 11.8 Å². The van der Waals surface area contributed by atoms with Gasteiger partial charge in [0.2, 0.25) is 0 Å². The third-order valence-corrected chi connectivity index (χ3v) is 3.84. The van der Waals surface area contributed by atoms with E-state index in [1.165, 1.54) is 0 Å². The van der Waals surface area contributed by atoms with Gasteiger partial charge < -0.3 is 15.2 Å². The van der Waals surface area contributed by atoms with Gasteiger partial charge in [-0.25, -0.2) is 9.78 Å². The molecular weight excluding hydrogens is 398 g/mol. The summed E-state index contributed by atoms with van der Waals surface area (Å²) in [7, 11) is 0. The maximum atomic E-state index is 10.6. The van der Waals surface area contributed by atoms with Crippen molar-refractivity contribution in [3.63, 3.8) is 0 Å². The lowest BCUT2D eigenvalue weighted by molar-refractivity contribution is 0.180. The largest absolute Gasteiger partial charge is 0.484 e. The normalized spacial score (nSPS) is 11.4. The second-order valence-electron chi connectivity index (χ2n) is 4.79. The molecule has 0 bridgehead atoms. The maximum absolute atomic E-state index is 10.6. The van der Waals surface area contributed by atoms with Gasteiger partial charge >= 0.3 is 6.09 Å². The first-order chi connectivity index (χ1) is 11.5. The van der Waals surface area contributed by atoms with E-state index in [2.05, 4.69) is 26.2 Å². The highest BCUT2D eigenvalue weighted by Gasteiger charge is 2.17. The van der Waals surface area contributed by atoms with Crippen LogP contribution in [0.1, 0.15) is 23.7 Å². The third-order valence-electron chi connectivity index (χ3n) is 3.14. The SMILES string of the molecule is N#Cc1ccc(Cl)cc1OC(CCNC(=O)O)c1ccc(Br)nc1. The average Bonchev–Trinajstić information content (AvgIpc) is 2.54. The predicted molar refractivity (Wildman–Crippen MR) is 92.1 cm³/mol. The molecule has 2 rings (SSSR count). The minimum absolute atomic E-state index is 0.193. The van der Waals surface area contributed by atoms with Gasteiger partial charge in [-0.15, -0.1) is 0 Å². The number of nitriles is 1. The molecule has 0 saturated heterocycles. The van der Waals surface area contributed by atoms with Gasteiger partial charge in [0.15, 0.2) is 0 Å². The minimum Gasteiger partial charge on any atom is -0.484 e. The van der Waals surface area contributed by atoms with Gasteiger partial charge in [-0.05, 0) is 34.1 Å². The van der Waals surface area contributed by atoms with Crippen molar-refractivity contribution in [2.75, 3.05) is 6.54 Å². The quantitative estimate of drug-likeness (QED) is 0.698. The van der Waals surface area contributed by atoms with E-state index in [1.807, 2.05) is 12.1 Å². The zero-order chi connectivity index (χ0) is 17.5. The fourth-order valence-corrected chi connectivity index (χ4v) is 2.42. The molecule has 1 heterocycles. The summed E-state index contributed by atoms with van der Waals surface area (Å²) in [5.74, 6) is 0.341. The van der Waals surface area contributed by atoms with E-state index in [4.69, 9.17) is 21.4 Å². The van der Waals surface area contributed by atoms with Gasteiger partial charge in [-0.2, -0.15) is 5.26 Å². The highest BCUT2D eigenvalue weighted by molar-refractivity contribution is 9.10. The number of ether oxygens (including phenoxy) is 1. The number of hydrogen-bond donors (Lipinski definition) is 2. The van der Waals surface area contributed by atoms with Gasteiger partial charge in [0.25, 0.3) is 0 Å². The van der Waals surface area contributed by atoms with Crippen molar-refractivity contribution >= 4 is 33.6 Å². The molecule has 2 N–H and O–H groups in total. The lowest BCUT2D eigenvalue weighted by atomic mass is 10.1. The van der Waals surface area contributed by atoms with Crippen molar-refractivity contribution in [2.24, 2.45) is 0 Å². The van der Waals surface area contributed by atoms with Gasteiger partial charge in [0, 0.05) is 35.8 Å². The van der Waals surface area contributed by atoms with E-state index in [0.29, 0.717) is 27.4 Å². The molecule has 0 aliphatic rings. The van der Waals surface area contributed by atoms with Crippen molar-refractivity contribution < 1.29 is 14.6 Å². The second kappa shape index (κ2) is 8.52. The van der Waals surface area contributed by atoms with Crippen molar-refractivity contribution in [3.05, 3.63) is 57.3 Å². The average molecular weight is 411 g/mol. The Morgan fingerprint density at radius 2 is 2.25 bits per heavy atom. The summed E-state index contributed by atoms with van der Waals surface area (Å²) in [6, 6.07) is 10.4. The van der Waals surface area contributed by atoms with Gasteiger partial charge in [-0.3, -0.25) is 0 Å². The van der Waals surface area contributed by atoms with Gasteiger partial charge in [0.1, 0.15) is 22.5 Å². The van der Waals surface area contributed by atoms with Crippen LogP contribution in [0.2, 0.25) is 5.02 Å². The number of hydrogen-bond acceptors (Lipinski definition) is 4. The van der Waals surface area contributed by atoms with E-state index >= 15 is 0 Å². The Bertz CT molecular complexity index is 762. The Balaban J connectivity index is 2.25. The number of halogens is 2. The van der Waals surface area contributed by atoms with E-state index in [0.717, 1.165) is 5.56 Å². The number of amides is 1. The fourth-order valence-electron chi connectivity index (χ4n) is 2.02. The summed E-state index contributed by atoms with van der Waals surface area (Å²) in [4.78, 5) is 14.8. The number of carboxylic acid groups (broad SMARTS) is 1. The maximum Gasteiger partial charge on any atom is 0.404 e. The molecule has 0 radical (unpaired) electrons. The van der Waals surface area contributed by atoms with Crippen molar-refractivity contribution in [2.45, 2.75) is 12.5 Å². The second-order valence-corrected chi connectivity index (χ2v) is 6.04.